The van der Waals surface area contributed by atoms with Crippen LogP contribution in [-0.2, 0) is 14.3 Å². The van der Waals surface area contributed by atoms with Crippen LogP contribution in [-0.4, -0.2) is 35.7 Å². The van der Waals surface area contributed by atoms with Crippen molar-refractivity contribution in [3.8, 4) is 0 Å². The molecule has 2 rings (SSSR count). The van der Waals surface area contributed by atoms with Gasteiger partial charge in [0.05, 0.1) is 24.0 Å². The molecule has 132 valence electrons. The number of unbranched alkanes of at least 4 members (excludes halogenated alkanes) is 7. The number of carbonyl (C=O) groups excluding carboxylic acids is 1. The van der Waals surface area contributed by atoms with Crippen LogP contribution in [0.3, 0.4) is 0 Å². The third kappa shape index (κ3) is 4.93. The van der Waals surface area contributed by atoms with Gasteiger partial charge in [0.25, 0.3) is 0 Å². The molecule has 23 heavy (non-hydrogen) atoms. The smallest absolute Gasteiger partial charge is 0.310 e. The summed E-state index contributed by atoms with van der Waals surface area (Å²) < 4.78 is 5.63. The molecule has 0 aromatic carbocycles. The van der Waals surface area contributed by atoms with Gasteiger partial charge >= 0.3 is 5.97 Å². The highest BCUT2D eigenvalue weighted by Crippen LogP contribution is 2.43. The molecular weight excluding hydrogens is 294 g/mol. The Labute approximate surface area is 139 Å². The van der Waals surface area contributed by atoms with Crippen molar-refractivity contribution >= 4 is 11.9 Å². The minimum atomic E-state index is -0.899. The number of carbonyl (C=O) groups is 2. The molecule has 2 heterocycles. The van der Waals surface area contributed by atoms with E-state index >= 15 is 0 Å². The molecule has 2 N–H and O–H groups in total. The van der Waals surface area contributed by atoms with Crippen molar-refractivity contribution in [1.29, 1.82) is 0 Å². The molecule has 1 amide bonds. The van der Waals surface area contributed by atoms with Crippen LogP contribution >= 0.6 is 0 Å². The predicted octanol–water partition coefficient (Wildman–Crippen LogP) is 3.12. The standard InChI is InChI=1S/C18H31NO4/c1-2-3-4-5-6-7-8-9-12-19-17(20)15-13-10-11-14(23-13)16(15)18(21)22/h13-16H,2-12H2,1H3,(H,19,20)(H,21,22). The van der Waals surface area contributed by atoms with Gasteiger partial charge in [0, 0.05) is 6.54 Å². The van der Waals surface area contributed by atoms with E-state index in [1.165, 1.54) is 38.5 Å². The molecule has 0 aliphatic carbocycles. The minimum Gasteiger partial charge on any atom is -0.481 e. The molecule has 5 nitrogen and oxygen atoms in total. The normalized spacial score (nSPS) is 28.9. The first-order valence-electron chi connectivity index (χ1n) is 9.31. The summed E-state index contributed by atoms with van der Waals surface area (Å²) in [6.07, 6.45) is 10.9. The molecule has 0 radical (unpaired) electrons. The van der Waals surface area contributed by atoms with Gasteiger partial charge in [0.15, 0.2) is 0 Å². The van der Waals surface area contributed by atoms with E-state index in [0.29, 0.717) is 6.54 Å². The van der Waals surface area contributed by atoms with Crippen molar-refractivity contribution in [2.45, 2.75) is 83.3 Å². The first-order chi connectivity index (χ1) is 11.1. The zero-order valence-electron chi connectivity index (χ0n) is 14.3. The van der Waals surface area contributed by atoms with Crippen LogP contribution in [0.4, 0.5) is 0 Å². The minimum absolute atomic E-state index is 0.132. The number of carboxylic acids is 1. The van der Waals surface area contributed by atoms with E-state index in [1.807, 2.05) is 0 Å². The monoisotopic (exact) mass is 325 g/mol. The Kier molecular flexibility index (Phi) is 7.34. The molecule has 4 atom stereocenters. The van der Waals surface area contributed by atoms with Gasteiger partial charge < -0.3 is 15.2 Å². The maximum absolute atomic E-state index is 12.3. The fourth-order valence-corrected chi connectivity index (χ4v) is 3.91. The van der Waals surface area contributed by atoms with E-state index in [9.17, 15) is 14.7 Å². The summed E-state index contributed by atoms with van der Waals surface area (Å²) in [6, 6.07) is 0. The van der Waals surface area contributed by atoms with E-state index in [2.05, 4.69) is 12.2 Å². The Hall–Kier alpha value is -1.10. The van der Waals surface area contributed by atoms with Crippen LogP contribution in [0, 0.1) is 11.8 Å². The molecular formula is C18H31NO4. The Balaban J connectivity index is 1.59. The largest absolute Gasteiger partial charge is 0.481 e. The number of hydrogen-bond donors (Lipinski definition) is 2. The second-order valence-corrected chi connectivity index (χ2v) is 6.95. The molecule has 2 aliphatic heterocycles. The van der Waals surface area contributed by atoms with E-state index in [4.69, 9.17) is 4.74 Å². The van der Waals surface area contributed by atoms with Gasteiger partial charge in [-0.05, 0) is 19.3 Å². The lowest BCUT2D eigenvalue weighted by molar-refractivity contribution is -0.147. The van der Waals surface area contributed by atoms with Gasteiger partial charge in [-0.25, -0.2) is 0 Å². The molecule has 2 saturated heterocycles. The number of hydrogen-bond acceptors (Lipinski definition) is 3. The number of aliphatic carboxylic acids is 1. The number of ether oxygens (including phenoxy) is 1. The van der Waals surface area contributed by atoms with Crippen LogP contribution in [0.15, 0.2) is 0 Å². The number of fused-ring (bicyclic) bond motifs is 2. The Bertz CT molecular complexity index is 398. The fourth-order valence-electron chi connectivity index (χ4n) is 3.91. The predicted molar refractivity (Wildman–Crippen MR) is 88.1 cm³/mol. The summed E-state index contributed by atoms with van der Waals surface area (Å²) in [5.74, 6) is -2.19. The van der Waals surface area contributed by atoms with Crippen LogP contribution in [0.5, 0.6) is 0 Å². The van der Waals surface area contributed by atoms with Crippen LogP contribution in [0.1, 0.15) is 71.1 Å². The Morgan fingerprint density at radius 3 is 2.13 bits per heavy atom. The average molecular weight is 325 g/mol. The molecule has 0 aromatic rings. The molecule has 0 saturated carbocycles. The summed E-state index contributed by atoms with van der Waals surface area (Å²) in [5, 5.41) is 12.2. The SMILES string of the molecule is CCCCCCCCCCNC(=O)C1C2CCC(O2)C1C(=O)O. The molecule has 0 aromatic heterocycles. The van der Waals surface area contributed by atoms with Crippen LogP contribution in [0.2, 0.25) is 0 Å². The van der Waals surface area contributed by atoms with Gasteiger partial charge in [-0.1, -0.05) is 51.9 Å². The maximum Gasteiger partial charge on any atom is 0.310 e. The fraction of sp³-hybridized carbons (Fsp3) is 0.889. The van der Waals surface area contributed by atoms with Crippen molar-refractivity contribution in [3.63, 3.8) is 0 Å². The molecule has 2 fully saturated rings. The first-order valence-corrected chi connectivity index (χ1v) is 9.31. The molecule has 4 unspecified atom stereocenters. The first kappa shape index (κ1) is 18.2. The third-order valence-corrected chi connectivity index (χ3v) is 5.19. The number of rotatable bonds is 11. The highest BCUT2D eigenvalue weighted by atomic mass is 16.5. The summed E-state index contributed by atoms with van der Waals surface area (Å²) in [5.41, 5.74) is 0. The number of amides is 1. The summed E-state index contributed by atoms with van der Waals surface area (Å²) >= 11 is 0. The van der Waals surface area contributed by atoms with Crippen molar-refractivity contribution < 1.29 is 19.4 Å². The van der Waals surface area contributed by atoms with E-state index in [-0.39, 0.29) is 18.1 Å². The summed E-state index contributed by atoms with van der Waals surface area (Å²) in [6.45, 7) is 2.87. The Morgan fingerprint density at radius 1 is 0.957 bits per heavy atom. The van der Waals surface area contributed by atoms with Gasteiger partial charge in [0.1, 0.15) is 0 Å². The van der Waals surface area contributed by atoms with Crippen molar-refractivity contribution in [2.75, 3.05) is 6.54 Å². The van der Waals surface area contributed by atoms with Crippen LogP contribution < -0.4 is 5.32 Å². The maximum atomic E-state index is 12.3. The van der Waals surface area contributed by atoms with Gasteiger partial charge in [-0.3, -0.25) is 9.59 Å². The van der Waals surface area contributed by atoms with E-state index in [1.54, 1.807) is 0 Å². The number of nitrogens with one attached hydrogen (secondary N) is 1. The van der Waals surface area contributed by atoms with Gasteiger partial charge in [-0.15, -0.1) is 0 Å². The van der Waals surface area contributed by atoms with Crippen molar-refractivity contribution in [2.24, 2.45) is 11.8 Å². The quantitative estimate of drug-likeness (QED) is 0.572. The van der Waals surface area contributed by atoms with Crippen molar-refractivity contribution in [3.05, 3.63) is 0 Å². The average Bonchev–Trinajstić information content (AvgIpc) is 3.14. The second kappa shape index (κ2) is 9.26. The molecule has 2 aliphatic rings. The van der Waals surface area contributed by atoms with Crippen LogP contribution in [0.25, 0.3) is 0 Å². The lowest BCUT2D eigenvalue weighted by Crippen LogP contribution is -2.44. The summed E-state index contributed by atoms with van der Waals surface area (Å²) in [4.78, 5) is 23.7. The molecule has 5 heteroatoms. The second-order valence-electron chi connectivity index (χ2n) is 6.95. The zero-order valence-corrected chi connectivity index (χ0v) is 14.3. The highest BCUT2D eigenvalue weighted by Gasteiger charge is 2.55. The van der Waals surface area contributed by atoms with E-state index in [0.717, 1.165) is 25.7 Å². The number of carboxylic acid groups (broad SMARTS) is 1. The van der Waals surface area contributed by atoms with Gasteiger partial charge in [0.2, 0.25) is 5.91 Å². The lowest BCUT2D eigenvalue weighted by Gasteiger charge is -2.23. The zero-order chi connectivity index (χ0) is 16.7. The summed E-state index contributed by atoms with van der Waals surface area (Å²) in [7, 11) is 0. The lowest BCUT2D eigenvalue weighted by atomic mass is 9.78. The van der Waals surface area contributed by atoms with E-state index < -0.39 is 17.8 Å². The molecule has 2 bridgehead atoms. The third-order valence-electron chi connectivity index (χ3n) is 5.19. The topological polar surface area (TPSA) is 75.6 Å². The van der Waals surface area contributed by atoms with Gasteiger partial charge in [-0.2, -0.15) is 0 Å². The highest BCUT2D eigenvalue weighted by molar-refractivity contribution is 5.86. The van der Waals surface area contributed by atoms with Crippen molar-refractivity contribution in [1.82, 2.24) is 5.32 Å². The molecule has 0 spiro atoms. The Morgan fingerprint density at radius 2 is 1.52 bits per heavy atom.